The first-order chi connectivity index (χ1) is 9.56. The highest BCUT2D eigenvalue weighted by Crippen LogP contribution is 2.36. The molecule has 0 amide bonds. The van der Waals surface area contributed by atoms with E-state index in [2.05, 4.69) is 34.8 Å². The molecule has 20 heavy (non-hydrogen) atoms. The van der Waals surface area contributed by atoms with Gasteiger partial charge in [0.1, 0.15) is 11.9 Å². The van der Waals surface area contributed by atoms with Crippen molar-refractivity contribution >= 4 is 21.7 Å². The molecule has 5 heteroatoms. The van der Waals surface area contributed by atoms with Gasteiger partial charge >= 0.3 is 0 Å². The lowest BCUT2D eigenvalue weighted by Crippen LogP contribution is -2.23. The predicted octanol–water partition coefficient (Wildman–Crippen LogP) is 3.93. The lowest BCUT2D eigenvalue weighted by molar-refractivity contribution is 0.0838. The van der Waals surface area contributed by atoms with Crippen molar-refractivity contribution in [2.75, 3.05) is 0 Å². The smallest absolute Gasteiger partial charge is 0.170 e. The first-order valence-corrected chi connectivity index (χ1v) is 7.36. The Hall–Kier alpha value is -1.62. The van der Waals surface area contributed by atoms with E-state index in [1.807, 2.05) is 22.8 Å². The molecule has 4 nitrogen and oxygen atoms in total. The topological polar surface area (TPSA) is 44.1 Å². The summed E-state index contributed by atoms with van der Waals surface area (Å²) in [5.41, 5.74) is 1.59. The van der Waals surface area contributed by atoms with Gasteiger partial charge in [-0.25, -0.2) is 4.98 Å². The normalized spacial score (nSPS) is 18.0. The zero-order valence-corrected chi connectivity index (χ0v) is 12.9. The minimum absolute atomic E-state index is 0.106. The van der Waals surface area contributed by atoms with Crippen molar-refractivity contribution in [1.82, 2.24) is 9.55 Å². The third-order valence-corrected chi connectivity index (χ3v) is 3.96. The number of rotatable bonds is 2. The quantitative estimate of drug-likeness (QED) is 0.835. The fourth-order valence-corrected chi connectivity index (χ4v) is 2.82. The molecule has 0 saturated carbocycles. The van der Waals surface area contributed by atoms with Gasteiger partial charge in [-0.3, -0.25) is 4.79 Å². The van der Waals surface area contributed by atoms with E-state index in [0.717, 1.165) is 10.2 Å². The zero-order chi connectivity index (χ0) is 14.3. The second kappa shape index (κ2) is 5.05. The van der Waals surface area contributed by atoms with Crippen molar-refractivity contribution in [3.8, 4) is 5.75 Å². The summed E-state index contributed by atoms with van der Waals surface area (Å²) in [5, 5.41) is 0. The van der Waals surface area contributed by atoms with E-state index in [1.165, 1.54) is 0 Å². The second-order valence-electron chi connectivity index (χ2n) is 5.19. The number of carbonyl (C=O) groups is 1. The molecule has 0 N–H and O–H groups in total. The highest BCUT2D eigenvalue weighted by molar-refractivity contribution is 9.10. The molecule has 2 aromatic rings. The van der Waals surface area contributed by atoms with Crippen LogP contribution in [-0.2, 0) is 0 Å². The Bertz CT molecular complexity index is 664. The van der Waals surface area contributed by atoms with Gasteiger partial charge in [0.25, 0.3) is 0 Å². The van der Waals surface area contributed by atoms with Crippen LogP contribution in [0.5, 0.6) is 5.75 Å². The summed E-state index contributed by atoms with van der Waals surface area (Å²) in [4.78, 5) is 16.5. The molecular formula is C15H15BrN2O2. The molecule has 0 radical (unpaired) electrons. The number of imidazole rings is 1. The van der Waals surface area contributed by atoms with E-state index in [4.69, 9.17) is 4.74 Å². The molecule has 0 fully saturated rings. The maximum absolute atomic E-state index is 12.3. The van der Waals surface area contributed by atoms with Crippen molar-refractivity contribution in [3.63, 3.8) is 0 Å². The summed E-state index contributed by atoms with van der Waals surface area (Å²) in [5.74, 6) is 0.750. The number of Topliss-reactive ketones (excluding diaryl/α,β-unsaturated/α-hetero) is 1. The molecule has 1 aliphatic heterocycles. The summed E-state index contributed by atoms with van der Waals surface area (Å²) in [6.45, 7) is 4.17. The Morgan fingerprint density at radius 2 is 2.25 bits per heavy atom. The Morgan fingerprint density at radius 3 is 3.00 bits per heavy atom. The average molecular weight is 335 g/mol. The number of hydrogen-bond acceptors (Lipinski definition) is 3. The van der Waals surface area contributed by atoms with Crippen LogP contribution in [-0.4, -0.2) is 15.3 Å². The Morgan fingerprint density at radius 1 is 1.45 bits per heavy atom. The van der Waals surface area contributed by atoms with Gasteiger partial charge in [-0.2, -0.15) is 0 Å². The van der Waals surface area contributed by atoms with Crippen LogP contribution in [0.4, 0.5) is 0 Å². The van der Waals surface area contributed by atoms with Crippen molar-refractivity contribution in [1.29, 1.82) is 0 Å². The van der Waals surface area contributed by atoms with Crippen molar-refractivity contribution in [2.24, 2.45) is 0 Å². The molecule has 104 valence electrons. The number of carbonyl (C=O) groups excluding carboxylic acids is 1. The van der Waals surface area contributed by atoms with Gasteiger partial charge in [-0.05, 0) is 32.0 Å². The number of fused-ring (bicyclic) bond motifs is 1. The fraction of sp³-hybridized carbons (Fsp3) is 0.333. The summed E-state index contributed by atoms with van der Waals surface area (Å²) < 4.78 is 8.92. The van der Waals surface area contributed by atoms with E-state index in [9.17, 15) is 4.79 Å². The first kappa shape index (κ1) is 13.4. The maximum atomic E-state index is 12.3. The number of ketones is 1. The first-order valence-electron chi connectivity index (χ1n) is 6.57. The van der Waals surface area contributed by atoms with Crippen LogP contribution in [0, 0.1) is 0 Å². The maximum Gasteiger partial charge on any atom is 0.170 e. The Kier molecular flexibility index (Phi) is 3.38. The molecule has 3 rings (SSSR count). The number of benzene rings is 1. The molecule has 0 saturated heterocycles. The van der Waals surface area contributed by atoms with Crippen LogP contribution in [0.2, 0.25) is 0 Å². The minimum Gasteiger partial charge on any atom is -0.483 e. The summed E-state index contributed by atoms with van der Waals surface area (Å²) in [6.07, 6.45) is 3.65. The SMILES string of the molecule is CC(C)n1cncc1C1CC(=O)c2cc(Br)ccc2O1. The van der Waals surface area contributed by atoms with Crippen LogP contribution < -0.4 is 4.74 Å². The van der Waals surface area contributed by atoms with Gasteiger partial charge in [-0.1, -0.05) is 15.9 Å². The molecule has 1 unspecified atom stereocenters. The Labute approximate surface area is 125 Å². The predicted molar refractivity (Wildman–Crippen MR) is 79.1 cm³/mol. The molecule has 0 aliphatic carbocycles. The molecule has 2 heterocycles. The lowest BCUT2D eigenvalue weighted by atomic mass is 9.99. The van der Waals surface area contributed by atoms with Gasteiger partial charge in [0, 0.05) is 10.5 Å². The molecule has 0 spiro atoms. The van der Waals surface area contributed by atoms with Gasteiger partial charge in [0.15, 0.2) is 5.78 Å². The van der Waals surface area contributed by atoms with Crippen molar-refractivity contribution in [2.45, 2.75) is 32.4 Å². The number of aromatic nitrogens is 2. The van der Waals surface area contributed by atoms with Gasteiger partial charge in [0.2, 0.25) is 0 Å². The molecule has 1 aliphatic rings. The van der Waals surface area contributed by atoms with Crippen LogP contribution in [0.25, 0.3) is 0 Å². The van der Waals surface area contributed by atoms with Crippen LogP contribution >= 0.6 is 15.9 Å². The minimum atomic E-state index is -0.263. The largest absolute Gasteiger partial charge is 0.483 e. The van der Waals surface area contributed by atoms with Crippen molar-refractivity contribution in [3.05, 3.63) is 46.5 Å². The van der Waals surface area contributed by atoms with E-state index >= 15 is 0 Å². The van der Waals surface area contributed by atoms with E-state index in [-0.39, 0.29) is 17.9 Å². The second-order valence-corrected chi connectivity index (χ2v) is 6.11. The summed E-state index contributed by atoms with van der Waals surface area (Å²) >= 11 is 3.38. The number of halogens is 1. The molecule has 1 aromatic carbocycles. The molecule has 1 aromatic heterocycles. The highest BCUT2D eigenvalue weighted by Gasteiger charge is 2.30. The van der Waals surface area contributed by atoms with E-state index in [1.54, 1.807) is 12.5 Å². The summed E-state index contributed by atoms with van der Waals surface area (Å²) in [6, 6.07) is 5.82. The highest BCUT2D eigenvalue weighted by atomic mass is 79.9. The van der Waals surface area contributed by atoms with Crippen LogP contribution in [0.15, 0.2) is 35.2 Å². The fourth-order valence-electron chi connectivity index (χ4n) is 2.46. The number of nitrogens with zero attached hydrogens (tertiary/aromatic N) is 2. The van der Waals surface area contributed by atoms with Gasteiger partial charge < -0.3 is 9.30 Å². The molecule has 0 bridgehead atoms. The standard InChI is InChI=1S/C15H15BrN2O2/c1-9(2)18-8-17-7-12(18)15-6-13(19)11-5-10(16)3-4-14(11)20-15/h3-5,7-9,15H,6H2,1-2H3. The van der Waals surface area contributed by atoms with E-state index in [0.29, 0.717) is 17.7 Å². The monoisotopic (exact) mass is 334 g/mol. The number of ether oxygens (including phenoxy) is 1. The third kappa shape index (κ3) is 2.26. The van der Waals surface area contributed by atoms with Crippen molar-refractivity contribution < 1.29 is 9.53 Å². The van der Waals surface area contributed by atoms with Crippen LogP contribution in [0.3, 0.4) is 0 Å². The molecular weight excluding hydrogens is 320 g/mol. The van der Waals surface area contributed by atoms with Crippen LogP contribution in [0.1, 0.15) is 48.5 Å². The number of hydrogen-bond donors (Lipinski definition) is 0. The zero-order valence-electron chi connectivity index (χ0n) is 11.3. The lowest BCUT2D eigenvalue weighted by Gasteiger charge is -2.26. The van der Waals surface area contributed by atoms with Gasteiger partial charge in [-0.15, -0.1) is 0 Å². The summed E-state index contributed by atoms with van der Waals surface area (Å²) in [7, 11) is 0. The van der Waals surface area contributed by atoms with E-state index < -0.39 is 0 Å². The molecule has 1 atom stereocenters. The third-order valence-electron chi connectivity index (χ3n) is 3.46. The van der Waals surface area contributed by atoms with Gasteiger partial charge in [0.05, 0.1) is 30.2 Å². The Balaban J connectivity index is 1.97. The average Bonchev–Trinajstić information content (AvgIpc) is 2.89.